The molecule has 1 unspecified atom stereocenters. The van der Waals surface area contributed by atoms with Crippen molar-refractivity contribution < 1.29 is 14.3 Å². The van der Waals surface area contributed by atoms with Gasteiger partial charge >= 0.3 is 6.03 Å². The molecule has 2 N–H and O–H groups in total. The highest BCUT2D eigenvalue weighted by Gasteiger charge is 2.22. The molecule has 1 aromatic carbocycles. The summed E-state index contributed by atoms with van der Waals surface area (Å²) in [7, 11) is 0. The normalized spacial score (nSPS) is 20.8. The van der Waals surface area contributed by atoms with Crippen molar-refractivity contribution in [2.45, 2.75) is 45.6 Å². The van der Waals surface area contributed by atoms with Crippen LogP contribution >= 0.6 is 0 Å². The number of likely N-dealkylation sites (tertiary alicyclic amines) is 1. The monoisotopic (exact) mass is 359 g/mol. The van der Waals surface area contributed by atoms with Crippen LogP contribution in [0.1, 0.15) is 48.5 Å². The molecule has 1 atom stereocenters. The maximum absolute atomic E-state index is 12.7. The summed E-state index contributed by atoms with van der Waals surface area (Å²) in [6.07, 6.45) is 4.29. The number of carbonyl (C=O) groups excluding carboxylic acids is 2. The topological polar surface area (TPSA) is 70.7 Å². The van der Waals surface area contributed by atoms with Crippen LogP contribution in [0.15, 0.2) is 18.2 Å². The molecule has 0 bridgehead atoms. The molecule has 6 heteroatoms. The Morgan fingerprint density at radius 2 is 2.00 bits per heavy atom. The largest absolute Gasteiger partial charge is 0.376 e. The van der Waals surface area contributed by atoms with E-state index in [4.69, 9.17) is 4.74 Å². The van der Waals surface area contributed by atoms with Crippen molar-refractivity contribution in [3.05, 3.63) is 29.3 Å². The third-order valence-corrected chi connectivity index (χ3v) is 5.31. The Morgan fingerprint density at radius 3 is 2.65 bits per heavy atom. The summed E-state index contributed by atoms with van der Waals surface area (Å²) in [5, 5.41) is 5.70. The van der Waals surface area contributed by atoms with E-state index < -0.39 is 0 Å². The summed E-state index contributed by atoms with van der Waals surface area (Å²) in [6, 6.07) is 5.22. The fraction of sp³-hybridized carbons (Fsp3) is 0.600. The molecule has 0 aliphatic carbocycles. The summed E-state index contributed by atoms with van der Waals surface area (Å²) < 4.78 is 5.50. The van der Waals surface area contributed by atoms with E-state index in [1.807, 2.05) is 17.9 Å². The Balaban J connectivity index is 1.54. The van der Waals surface area contributed by atoms with E-state index in [2.05, 4.69) is 17.6 Å². The predicted octanol–water partition coefficient (Wildman–Crippen LogP) is 3.17. The van der Waals surface area contributed by atoms with Gasteiger partial charge in [-0.2, -0.15) is 0 Å². The van der Waals surface area contributed by atoms with Crippen LogP contribution in [0.4, 0.5) is 10.5 Å². The van der Waals surface area contributed by atoms with Gasteiger partial charge in [0.15, 0.2) is 0 Å². The van der Waals surface area contributed by atoms with E-state index in [1.54, 1.807) is 12.1 Å². The van der Waals surface area contributed by atoms with Gasteiger partial charge in [-0.1, -0.05) is 6.92 Å². The SMILES string of the molecule is Cc1cc(C(=O)N2CCC(C)CC2)ccc1NC(=O)NCC1CCCO1. The number of ether oxygens (including phenoxy) is 1. The Hall–Kier alpha value is -2.08. The van der Waals surface area contributed by atoms with Gasteiger partial charge in [0.2, 0.25) is 0 Å². The van der Waals surface area contributed by atoms with Crippen LogP contribution in [0.25, 0.3) is 0 Å². The number of aryl methyl sites for hydroxylation is 1. The van der Waals surface area contributed by atoms with E-state index in [0.717, 1.165) is 56.6 Å². The van der Waals surface area contributed by atoms with Gasteiger partial charge in [0.25, 0.3) is 5.91 Å². The molecule has 2 fully saturated rings. The van der Waals surface area contributed by atoms with Gasteiger partial charge in [0, 0.05) is 37.5 Å². The quantitative estimate of drug-likeness (QED) is 0.867. The second-order valence-corrected chi connectivity index (χ2v) is 7.47. The molecule has 1 aromatic rings. The fourth-order valence-corrected chi connectivity index (χ4v) is 3.51. The standard InChI is InChI=1S/C20H29N3O3/c1-14-7-9-23(10-8-14)19(24)16-5-6-18(15(2)12-16)22-20(25)21-13-17-4-3-11-26-17/h5-6,12,14,17H,3-4,7-11,13H2,1-2H3,(H2,21,22,25). The number of anilines is 1. The highest BCUT2D eigenvalue weighted by atomic mass is 16.5. The van der Waals surface area contributed by atoms with Crippen LogP contribution in [-0.2, 0) is 4.74 Å². The number of hydrogen-bond acceptors (Lipinski definition) is 3. The first-order valence-corrected chi connectivity index (χ1v) is 9.59. The zero-order chi connectivity index (χ0) is 18.5. The number of benzene rings is 1. The van der Waals surface area contributed by atoms with Gasteiger partial charge in [-0.3, -0.25) is 4.79 Å². The first kappa shape index (κ1) is 18.7. The molecule has 0 radical (unpaired) electrons. The smallest absolute Gasteiger partial charge is 0.319 e. The van der Waals surface area contributed by atoms with Crippen molar-refractivity contribution in [3.8, 4) is 0 Å². The van der Waals surface area contributed by atoms with Crippen LogP contribution in [0, 0.1) is 12.8 Å². The summed E-state index contributed by atoms with van der Waals surface area (Å²) in [5.74, 6) is 0.773. The minimum atomic E-state index is -0.243. The van der Waals surface area contributed by atoms with Crippen molar-refractivity contribution in [2.24, 2.45) is 5.92 Å². The Bertz CT molecular complexity index is 648. The van der Waals surface area contributed by atoms with Gasteiger partial charge in [-0.15, -0.1) is 0 Å². The lowest BCUT2D eigenvalue weighted by Crippen LogP contribution is -2.38. The summed E-state index contributed by atoms with van der Waals surface area (Å²) in [5.41, 5.74) is 2.29. The molecule has 142 valence electrons. The van der Waals surface area contributed by atoms with Crippen molar-refractivity contribution in [3.63, 3.8) is 0 Å². The number of hydrogen-bond donors (Lipinski definition) is 2. The van der Waals surface area contributed by atoms with Crippen molar-refractivity contribution in [1.82, 2.24) is 10.2 Å². The highest BCUT2D eigenvalue weighted by Crippen LogP contribution is 2.21. The van der Waals surface area contributed by atoms with Crippen LogP contribution in [0.2, 0.25) is 0 Å². The molecule has 3 amide bonds. The lowest BCUT2D eigenvalue weighted by molar-refractivity contribution is 0.0697. The van der Waals surface area contributed by atoms with Crippen molar-refractivity contribution in [2.75, 3.05) is 31.6 Å². The number of carbonyl (C=O) groups is 2. The van der Waals surface area contributed by atoms with Gasteiger partial charge < -0.3 is 20.3 Å². The van der Waals surface area contributed by atoms with Gasteiger partial charge in [-0.05, 0) is 62.3 Å². The number of rotatable bonds is 4. The number of urea groups is 1. The van der Waals surface area contributed by atoms with Gasteiger partial charge in [0.05, 0.1) is 6.10 Å². The Labute approximate surface area is 155 Å². The predicted molar refractivity (Wildman–Crippen MR) is 101 cm³/mol. The van der Waals surface area contributed by atoms with E-state index in [0.29, 0.717) is 18.0 Å². The molecular formula is C20H29N3O3. The second-order valence-electron chi connectivity index (χ2n) is 7.47. The molecule has 0 aromatic heterocycles. The average molecular weight is 359 g/mol. The molecular weight excluding hydrogens is 330 g/mol. The zero-order valence-electron chi connectivity index (χ0n) is 15.7. The van der Waals surface area contributed by atoms with Gasteiger partial charge in [-0.25, -0.2) is 4.79 Å². The first-order valence-electron chi connectivity index (χ1n) is 9.59. The third kappa shape index (κ3) is 4.75. The van der Waals surface area contributed by atoms with E-state index >= 15 is 0 Å². The van der Waals surface area contributed by atoms with Crippen LogP contribution in [-0.4, -0.2) is 49.2 Å². The molecule has 2 aliphatic rings. The number of piperidine rings is 1. The first-order chi connectivity index (χ1) is 12.5. The summed E-state index contributed by atoms with van der Waals surface area (Å²) in [6.45, 7) is 7.09. The lowest BCUT2D eigenvalue weighted by Gasteiger charge is -2.30. The molecule has 2 heterocycles. The molecule has 0 spiro atoms. The minimum Gasteiger partial charge on any atom is -0.376 e. The van der Waals surface area contributed by atoms with Crippen molar-refractivity contribution >= 4 is 17.6 Å². The van der Waals surface area contributed by atoms with Crippen LogP contribution in [0.5, 0.6) is 0 Å². The molecule has 6 nitrogen and oxygen atoms in total. The Morgan fingerprint density at radius 1 is 1.23 bits per heavy atom. The molecule has 26 heavy (non-hydrogen) atoms. The molecule has 0 saturated carbocycles. The summed E-state index contributed by atoms with van der Waals surface area (Å²) in [4.78, 5) is 26.6. The van der Waals surface area contributed by atoms with E-state index in [-0.39, 0.29) is 18.0 Å². The third-order valence-electron chi connectivity index (χ3n) is 5.31. The molecule has 3 rings (SSSR count). The number of nitrogens with zero attached hydrogens (tertiary/aromatic N) is 1. The van der Waals surface area contributed by atoms with Crippen LogP contribution < -0.4 is 10.6 Å². The second kappa shape index (κ2) is 8.54. The summed E-state index contributed by atoms with van der Waals surface area (Å²) >= 11 is 0. The van der Waals surface area contributed by atoms with Crippen LogP contribution in [0.3, 0.4) is 0 Å². The van der Waals surface area contributed by atoms with E-state index in [9.17, 15) is 9.59 Å². The maximum Gasteiger partial charge on any atom is 0.319 e. The van der Waals surface area contributed by atoms with Gasteiger partial charge in [0.1, 0.15) is 0 Å². The molecule has 2 aliphatic heterocycles. The average Bonchev–Trinajstić information content (AvgIpc) is 3.15. The maximum atomic E-state index is 12.7. The zero-order valence-corrected chi connectivity index (χ0v) is 15.7. The molecule has 2 saturated heterocycles. The lowest BCUT2D eigenvalue weighted by atomic mass is 9.98. The fourth-order valence-electron chi connectivity index (χ4n) is 3.51. The number of amides is 3. The highest BCUT2D eigenvalue weighted by molar-refractivity contribution is 5.96. The Kier molecular flexibility index (Phi) is 6.14. The van der Waals surface area contributed by atoms with Crippen molar-refractivity contribution in [1.29, 1.82) is 0 Å². The number of nitrogens with one attached hydrogen (secondary N) is 2. The minimum absolute atomic E-state index is 0.0781. The van der Waals surface area contributed by atoms with E-state index in [1.165, 1.54) is 0 Å².